The predicted octanol–water partition coefficient (Wildman–Crippen LogP) is 2.02. The van der Waals surface area contributed by atoms with Gasteiger partial charge in [0.05, 0.1) is 23.1 Å². The van der Waals surface area contributed by atoms with Gasteiger partial charge in [0.1, 0.15) is 12.4 Å². The first-order valence-corrected chi connectivity index (χ1v) is 13.1. The summed E-state index contributed by atoms with van der Waals surface area (Å²) in [5.41, 5.74) is 3.28. The van der Waals surface area contributed by atoms with Crippen molar-refractivity contribution in [1.82, 2.24) is 9.88 Å². The van der Waals surface area contributed by atoms with E-state index >= 15 is 0 Å². The van der Waals surface area contributed by atoms with Crippen LogP contribution < -0.4 is 44.7 Å². The number of carboxylic acids is 1. The molecule has 1 aromatic heterocycles. The summed E-state index contributed by atoms with van der Waals surface area (Å²) in [6, 6.07) is 29.3. The van der Waals surface area contributed by atoms with Crippen molar-refractivity contribution in [1.29, 1.82) is 0 Å². The topological polar surface area (TPSA) is 95.7 Å². The monoisotopic (exact) mass is 555 g/mol. The maximum absolute atomic E-state index is 12.9. The van der Waals surface area contributed by atoms with Crippen molar-refractivity contribution < 1.29 is 49.0 Å². The first-order valence-electron chi connectivity index (χ1n) is 12.3. The molecule has 1 aliphatic rings. The Morgan fingerprint density at radius 2 is 1.70 bits per heavy atom. The summed E-state index contributed by atoms with van der Waals surface area (Å²) in [4.78, 5) is 29.0. The second-order valence-electron chi connectivity index (χ2n) is 9.05. The molecule has 0 bridgehead atoms. The maximum atomic E-state index is 12.9. The van der Waals surface area contributed by atoms with Gasteiger partial charge in [0.15, 0.2) is 5.17 Å². The van der Waals surface area contributed by atoms with E-state index in [1.807, 2.05) is 84.9 Å². The number of fused-ring (bicyclic) bond motifs is 2. The SMILES string of the molecule is O=C([O-])Cn1ccc2cc(N=C3NC(=O)C(=Cc4cc5ccccc5cc4OCc4ccccc4)S3)ccc21.[Na+]. The van der Waals surface area contributed by atoms with Gasteiger partial charge >= 0.3 is 29.6 Å². The Morgan fingerprint density at radius 1 is 0.950 bits per heavy atom. The number of amides is 1. The molecule has 5 aromatic rings. The van der Waals surface area contributed by atoms with E-state index in [2.05, 4.69) is 10.3 Å². The third-order valence-corrected chi connectivity index (χ3v) is 7.25. The van der Waals surface area contributed by atoms with Crippen LogP contribution in [0.25, 0.3) is 27.8 Å². The Hall–Kier alpha value is -3.82. The van der Waals surface area contributed by atoms with E-state index in [1.165, 1.54) is 11.8 Å². The van der Waals surface area contributed by atoms with Gasteiger partial charge in [-0.05, 0) is 70.6 Å². The van der Waals surface area contributed by atoms with Gasteiger partial charge in [0.25, 0.3) is 5.91 Å². The fourth-order valence-electron chi connectivity index (χ4n) is 4.48. The van der Waals surface area contributed by atoms with Gasteiger partial charge in [-0.3, -0.25) is 4.79 Å². The molecule has 2 heterocycles. The molecule has 4 aromatic carbocycles. The minimum atomic E-state index is -1.15. The standard InChI is InChI=1S/C31H23N3O4S.Na/c35-29(36)18-34-13-12-23-15-25(10-11-26(23)34)32-31-33-30(37)28(39-31)17-24-14-21-8-4-5-9-22(21)16-27(24)38-19-20-6-2-1-3-7-20;/h1-17H,18-19H2,(H,35,36)(H,32,33,37);/q;+1/p-1. The number of amidine groups is 1. The van der Waals surface area contributed by atoms with E-state index < -0.39 is 5.97 Å². The molecule has 0 saturated carbocycles. The summed E-state index contributed by atoms with van der Waals surface area (Å²) in [6.07, 6.45) is 3.53. The first kappa shape index (κ1) is 27.7. The number of carboxylic acid groups (broad SMARTS) is 1. The summed E-state index contributed by atoms with van der Waals surface area (Å²) >= 11 is 1.26. The molecule has 1 amide bonds. The van der Waals surface area contributed by atoms with Crippen molar-refractivity contribution in [2.45, 2.75) is 13.2 Å². The minimum absolute atomic E-state index is 0. The van der Waals surface area contributed by atoms with Crippen molar-refractivity contribution in [2.24, 2.45) is 4.99 Å². The zero-order valence-electron chi connectivity index (χ0n) is 21.7. The molecule has 9 heteroatoms. The molecule has 1 fully saturated rings. The number of rotatable bonds is 7. The van der Waals surface area contributed by atoms with E-state index in [0.29, 0.717) is 28.1 Å². The van der Waals surface area contributed by atoms with E-state index in [9.17, 15) is 14.7 Å². The van der Waals surface area contributed by atoms with Gasteiger partial charge < -0.3 is 24.5 Å². The number of hydrogen-bond donors (Lipinski definition) is 1. The van der Waals surface area contributed by atoms with Crippen LogP contribution in [-0.4, -0.2) is 21.6 Å². The number of aliphatic carboxylic acids is 1. The molecule has 0 aliphatic carbocycles. The number of carbonyl (C=O) groups excluding carboxylic acids is 2. The van der Waals surface area contributed by atoms with Gasteiger partial charge in [-0.25, -0.2) is 4.99 Å². The van der Waals surface area contributed by atoms with Crippen LogP contribution in [0.1, 0.15) is 11.1 Å². The van der Waals surface area contributed by atoms with Crippen LogP contribution in [0, 0.1) is 0 Å². The molecule has 6 rings (SSSR count). The molecule has 1 N–H and O–H groups in total. The van der Waals surface area contributed by atoms with Crippen LogP contribution in [0.5, 0.6) is 5.75 Å². The number of ether oxygens (including phenoxy) is 1. The van der Waals surface area contributed by atoms with Crippen molar-refractivity contribution in [2.75, 3.05) is 0 Å². The average molecular weight is 556 g/mol. The van der Waals surface area contributed by atoms with Gasteiger partial charge in [0.2, 0.25) is 0 Å². The fourth-order valence-corrected chi connectivity index (χ4v) is 5.32. The molecule has 192 valence electrons. The predicted molar refractivity (Wildman–Crippen MR) is 152 cm³/mol. The van der Waals surface area contributed by atoms with Crippen molar-refractivity contribution >= 4 is 62.2 Å². The van der Waals surface area contributed by atoms with Crippen LogP contribution >= 0.6 is 11.8 Å². The second kappa shape index (κ2) is 12.1. The van der Waals surface area contributed by atoms with E-state index in [1.54, 1.807) is 22.9 Å². The fraction of sp³-hybridized carbons (Fsp3) is 0.0645. The first-order chi connectivity index (χ1) is 19.0. The normalized spacial score (nSPS) is 14.9. The number of thioether (sulfide) groups is 1. The molecule has 1 saturated heterocycles. The van der Waals surface area contributed by atoms with Gasteiger partial charge in [-0.15, -0.1) is 0 Å². The van der Waals surface area contributed by atoms with E-state index in [-0.39, 0.29) is 42.0 Å². The molecular formula is C31H22N3NaO4S. The van der Waals surface area contributed by atoms with Crippen molar-refractivity contribution in [3.8, 4) is 5.75 Å². The number of nitrogens with one attached hydrogen (secondary N) is 1. The average Bonchev–Trinajstić information content (AvgIpc) is 3.49. The number of hydrogen-bond acceptors (Lipinski definition) is 6. The van der Waals surface area contributed by atoms with Crippen LogP contribution in [-0.2, 0) is 22.7 Å². The Labute approximate surface area is 256 Å². The Morgan fingerprint density at radius 3 is 2.48 bits per heavy atom. The number of aliphatic imine (C=N–C) groups is 1. The summed E-state index contributed by atoms with van der Waals surface area (Å²) < 4.78 is 7.81. The minimum Gasteiger partial charge on any atom is -0.548 e. The molecule has 1 aliphatic heterocycles. The van der Waals surface area contributed by atoms with Crippen LogP contribution in [0.4, 0.5) is 5.69 Å². The van der Waals surface area contributed by atoms with Gasteiger partial charge in [-0.1, -0.05) is 54.6 Å². The number of nitrogens with zero attached hydrogens (tertiary/aromatic N) is 2. The maximum Gasteiger partial charge on any atom is 1.00 e. The summed E-state index contributed by atoms with van der Waals surface area (Å²) in [7, 11) is 0. The van der Waals surface area contributed by atoms with E-state index in [4.69, 9.17) is 4.74 Å². The number of aromatic nitrogens is 1. The molecule has 0 atom stereocenters. The van der Waals surface area contributed by atoms with E-state index in [0.717, 1.165) is 32.8 Å². The third kappa shape index (κ3) is 6.16. The summed E-state index contributed by atoms with van der Waals surface area (Å²) in [5.74, 6) is -0.696. The van der Waals surface area contributed by atoms with Gasteiger partial charge in [0, 0.05) is 22.7 Å². The zero-order valence-corrected chi connectivity index (χ0v) is 24.5. The molecular weight excluding hydrogens is 533 g/mol. The Kier molecular flexibility index (Phi) is 8.42. The van der Waals surface area contributed by atoms with Crippen molar-refractivity contribution in [3.05, 3.63) is 113 Å². The van der Waals surface area contributed by atoms with Crippen molar-refractivity contribution in [3.63, 3.8) is 0 Å². The second-order valence-corrected chi connectivity index (χ2v) is 10.1. The summed E-state index contributed by atoms with van der Waals surface area (Å²) in [6.45, 7) is 0.192. The number of benzene rings is 4. The molecule has 0 radical (unpaired) electrons. The smallest absolute Gasteiger partial charge is 0.548 e. The van der Waals surface area contributed by atoms with Crippen LogP contribution in [0.3, 0.4) is 0 Å². The summed E-state index contributed by atoms with van der Waals surface area (Å²) in [5, 5.41) is 17.2. The molecule has 0 spiro atoms. The largest absolute Gasteiger partial charge is 1.00 e. The molecule has 40 heavy (non-hydrogen) atoms. The Bertz CT molecular complexity index is 1800. The third-order valence-electron chi connectivity index (χ3n) is 6.34. The zero-order chi connectivity index (χ0) is 26.8. The van der Waals surface area contributed by atoms with Gasteiger partial charge in [-0.2, -0.15) is 0 Å². The quantitative estimate of drug-likeness (QED) is 0.245. The van der Waals surface area contributed by atoms with Crippen LogP contribution in [0.2, 0.25) is 0 Å². The molecule has 7 nitrogen and oxygen atoms in total. The molecule has 0 unspecified atom stereocenters. The number of carbonyl (C=O) groups is 2. The Balaban J connectivity index is 0.00000323. The van der Waals surface area contributed by atoms with Crippen LogP contribution in [0.15, 0.2) is 107 Å².